The lowest BCUT2D eigenvalue weighted by atomic mass is 10.1. The van der Waals surface area contributed by atoms with Crippen LogP contribution >= 0.6 is 0 Å². The molecule has 0 spiro atoms. The highest BCUT2D eigenvalue weighted by Gasteiger charge is 2.11. The van der Waals surface area contributed by atoms with Crippen LogP contribution in [-0.4, -0.2) is 34.7 Å². The maximum absolute atomic E-state index is 9.22. The maximum atomic E-state index is 9.22. The fraction of sp³-hybridized carbons (Fsp3) is 0.0417. The monoisotopic (exact) mass is 446 g/mol. The first-order valence-corrected chi connectivity index (χ1v) is 10.3. The van der Waals surface area contributed by atoms with Gasteiger partial charge in [0.2, 0.25) is 5.95 Å². The van der Waals surface area contributed by atoms with Crippen LogP contribution in [0.1, 0.15) is 11.1 Å². The van der Waals surface area contributed by atoms with Gasteiger partial charge in [0.1, 0.15) is 24.8 Å². The van der Waals surface area contributed by atoms with Crippen molar-refractivity contribution in [2.75, 3.05) is 10.6 Å². The van der Waals surface area contributed by atoms with Gasteiger partial charge >= 0.3 is 0 Å². The van der Waals surface area contributed by atoms with Crippen molar-refractivity contribution in [3.63, 3.8) is 0 Å². The molecule has 3 heterocycles. The predicted octanol–water partition coefficient (Wildman–Crippen LogP) is 3.93. The largest absolute Gasteiger partial charge is 0.340 e. The number of hydrogen-bond acceptors (Lipinski definition) is 9. The van der Waals surface area contributed by atoms with Crippen LogP contribution in [0.5, 0.6) is 0 Å². The van der Waals surface area contributed by atoms with Crippen LogP contribution in [0, 0.1) is 11.3 Å². The Kier molecular flexibility index (Phi) is 5.81. The molecule has 0 aliphatic heterocycles. The highest BCUT2D eigenvalue weighted by Crippen LogP contribution is 2.29. The lowest BCUT2D eigenvalue weighted by Gasteiger charge is -2.13. The second kappa shape index (κ2) is 9.54. The molecular weight excluding hydrogens is 428 g/mol. The van der Waals surface area contributed by atoms with Crippen LogP contribution in [0.3, 0.4) is 0 Å². The minimum absolute atomic E-state index is 0.420. The lowest BCUT2D eigenvalue weighted by Crippen LogP contribution is -2.04. The van der Waals surface area contributed by atoms with E-state index in [0.29, 0.717) is 23.9 Å². The normalized spacial score (nSPS) is 10.4. The molecule has 0 unspecified atom stereocenters. The van der Waals surface area contributed by atoms with E-state index in [1.54, 1.807) is 41.7 Å². The van der Waals surface area contributed by atoms with E-state index in [1.807, 2.05) is 36.4 Å². The number of aromatic nitrogens is 7. The van der Waals surface area contributed by atoms with Crippen molar-refractivity contribution in [1.82, 2.24) is 34.7 Å². The minimum atomic E-state index is 0.420. The predicted molar refractivity (Wildman–Crippen MR) is 126 cm³/mol. The summed E-state index contributed by atoms with van der Waals surface area (Å²) in [6.45, 7) is 0.639. The molecule has 0 amide bonds. The summed E-state index contributed by atoms with van der Waals surface area (Å²) in [5.74, 6) is 0.980. The minimum Gasteiger partial charge on any atom is -0.340 e. The molecule has 2 aromatic carbocycles. The maximum Gasteiger partial charge on any atom is 0.229 e. The van der Waals surface area contributed by atoms with E-state index >= 15 is 0 Å². The smallest absolute Gasteiger partial charge is 0.229 e. The summed E-state index contributed by atoms with van der Waals surface area (Å²) < 4.78 is 1.76. The third-order valence-electron chi connectivity index (χ3n) is 4.94. The molecule has 3 aromatic heterocycles. The first kappa shape index (κ1) is 20.7. The van der Waals surface area contributed by atoms with E-state index in [0.717, 1.165) is 28.1 Å². The highest BCUT2D eigenvalue weighted by molar-refractivity contribution is 5.78. The van der Waals surface area contributed by atoms with Crippen molar-refractivity contribution < 1.29 is 0 Å². The Bertz CT molecular complexity index is 1430. The molecule has 0 aliphatic rings. The second-order valence-corrected chi connectivity index (χ2v) is 7.32. The van der Waals surface area contributed by atoms with Gasteiger partial charge in [-0.1, -0.05) is 18.2 Å². The molecule has 2 N–H and O–H groups in total. The van der Waals surface area contributed by atoms with Gasteiger partial charge in [0.15, 0.2) is 0 Å². The summed E-state index contributed by atoms with van der Waals surface area (Å²) in [7, 11) is 0. The molecule has 10 heteroatoms. The average Bonchev–Trinajstić information content (AvgIpc) is 3.39. The number of nitrogens with one attached hydrogen (secondary N) is 2. The molecule has 10 nitrogen and oxygen atoms in total. The Balaban J connectivity index is 1.41. The van der Waals surface area contributed by atoms with Crippen molar-refractivity contribution in [3.8, 4) is 17.2 Å². The van der Waals surface area contributed by atoms with Gasteiger partial charge < -0.3 is 10.6 Å². The summed E-state index contributed by atoms with van der Waals surface area (Å²) in [4.78, 5) is 21.3. The Morgan fingerprint density at radius 1 is 0.882 bits per heavy atom. The summed E-state index contributed by atoms with van der Waals surface area (Å²) in [5, 5.41) is 19.9. The van der Waals surface area contributed by atoms with Crippen molar-refractivity contribution >= 4 is 23.1 Å². The van der Waals surface area contributed by atoms with Crippen molar-refractivity contribution in [2.24, 2.45) is 0 Å². The molecule has 0 atom stereocenters. The van der Waals surface area contributed by atoms with Crippen molar-refractivity contribution in [3.05, 3.63) is 97.2 Å². The Morgan fingerprint density at radius 3 is 2.50 bits per heavy atom. The van der Waals surface area contributed by atoms with Gasteiger partial charge in [-0.15, -0.1) is 0 Å². The molecule has 0 bridgehead atoms. The Labute approximate surface area is 195 Å². The Hall–Kier alpha value is -5.17. The van der Waals surface area contributed by atoms with E-state index in [2.05, 4.69) is 46.7 Å². The summed E-state index contributed by atoms with van der Waals surface area (Å²) in [5.41, 5.74) is 4.72. The van der Waals surface area contributed by atoms with Gasteiger partial charge in [0, 0.05) is 41.1 Å². The Morgan fingerprint density at radius 2 is 1.74 bits per heavy atom. The van der Waals surface area contributed by atoms with Crippen LogP contribution in [-0.2, 0) is 6.54 Å². The van der Waals surface area contributed by atoms with E-state index in [-0.39, 0.29) is 0 Å². The summed E-state index contributed by atoms with van der Waals surface area (Å²) >= 11 is 0. The molecule has 5 rings (SSSR count). The molecule has 0 saturated heterocycles. The zero-order valence-corrected chi connectivity index (χ0v) is 17.9. The van der Waals surface area contributed by atoms with Gasteiger partial charge in [-0.05, 0) is 35.9 Å². The number of anilines is 4. The number of nitriles is 1. The zero-order valence-electron chi connectivity index (χ0n) is 17.9. The molecule has 164 valence electrons. The SMILES string of the molecule is N#Cc1cccc(Nc2nc(Nc3ccc(Cn4cncn4)cc3)ncc2-c2cncnc2)c1. The van der Waals surface area contributed by atoms with Crippen LogP contribution in [0.4, 0.5) is 23.1 Å². The lowest BCUT2D eigenvalue weighted by molar-refractivity contribution is 0.685. The van der Waals surface area contributed by atoms with Gasteiger partial charge in [-0.2, -0.15) is 15.3 Å². The average molecular weight is 446 g/mol. The topological polar surface area (TPSA) is 130 Å². The van der Waals surface area contributed by atoms with E-state index < -0.39 is 0 Å². The third-order valence-corrected chi connectivity index (χ3v) is 4.94. The number of hydrogen-bond donors (Lipinski definition) is 2. The third kappa shape index (κ3) is 4.84. The first-order chi connectivity index (χ1) is 16.8. The molecule has 0 fully saturated rings. The molecular formula is C24H18N10. The van der Waals surface area contributed by atoms with Gasteiger partial charge in [0.25, 0.3) is 0 Å². The molecule has 0 aliphatic carbocycles. The first-order valence-electron chi connectivity index (χ1n) is 10.3. The number of benzene rings is 2. The van der Waals surface area contributed by atoms with Gasteiger partial charge in [-0.3, -0.25) is 0 Å². The fourth-order valence-electron chi connectivity index (χ4n) is 3.31. The van der Waals surface area contributed by atoms with Gasteiger partial charge in [-0.25, -0.2) is 24.6 Å². The molecule has 0 radical (unpaired) electrons. The highest BCUT2D eigenvalue weighted by atomic mass is 15.3. The summed E-state index contributed by atoms with van der Waals surface area (Å²) in [6.07, 6.45) is 9.77. The zero-order chi connectivity index (χ0) is 23.2. The van der Waals surface area contributed by atoms with Crippen LogP contribution < -0.4 is 10.6 Å². The van der Waals surface area contributed by atoms with Gasteiger partial charge in [0.05, 0.1) is 18.2 Å². The summed E-state index contributed by atoms with van der Waals surface area (Å²) in [6, 6.07) is 17.3. The van der Waals surface area contributed by atoms with E-state index in [9.17, 15) is 5.26 Å². The van der Waals surface area contributed by atoms with Crippen molar-refractivity contribution in [2.45, 2.75) is 6.54 Å². The van der Waals surface area contributed by atoms with Crippen LogP contribution in [0.25, 0.3) is 11.1 Å². The standard InChI is InChI=1S/C24H18N10/c25-9-18-2-1-3-21(8-18)31-23-22(19-10-26-14-27-11-19)12-29-24(33-23)32-20-6-4-17(5-7-20)13-34-16-28-15-30-34/h1-8,10-12,14-16H,13H2,(H2,29,31,32,33). The quantitative estimate of drug-likeness (QED) is 0.382. The second-order valence-electron chi connectivity index (χ2n) is 7.32. The van der Waals surface area contributed by atoms with E-state index in [1.165, 1.54) is 12.7 Å². The van der Waals surface area contributed by atoms with Crippen molar-refractivity contribution in [1.29, 1.82) is 5.26 Å². The molecule has 34 heavy (non-hydrogen) atoms. The van der Waals surface area contributed by atoms with Crippen LogP contribution in [0.2, 0.25) is 0 Å². The number of nitrogens with zero attached hydrogens (tertiary/aromatic N) is 8. The molecule has 5 aromatic rings. The fourth-order valence-corrected chi connectivity index (χ4v) is 3.31. The number of rotatable bonds is 7. The van der Waals surface area contributed by atoms with E-state index in [4.69, 9.17) is 0 Å². The van der Waals surface area contributed by atoms with Crippen LogP contribution in [0.15, 0.2) is 86.1 Å². The molecule has 0 saturated carbocycles.